The Morgan fingerprint density at radius 2 is 1.79 bits per heavy atom. The highest BCUT2D eigenvalue weighted by Crippen LogP contribution is 2.25. The number of hydrogen-bond acceptors (Lipinski definition) is 3. The molecule has 6 nitrogen and oxygen atoms in total. The van der Waals surface area contributed by atoms with Gasteiger partial charge in [0.15, 0.2) is 6.54 Å². The molecule has 0 aromatic heterocycles. The maximum absolute atomic E-state index is 12.5. The van der Waals surface area contributed by atoms with Crippen LogP contribution in [0.2, 0.25) is 10.0 Å². The quantitative estimate of drug-likeness (QED) is 0.702. The van der Waals surface area contributed by atoms with Crippen molar-refractivity contribution in [1.82, 2.24) is 4.31 Å². The van der Waals surface area contributed by atoms with Crippen LogP contribution in [0.15, 0.2) is 53.9 Å². The summed E-state index contributed by atoms with van der Waals surface area (Å²) in [6.45, 7) is 2.06. The number of carbonyl (C=O) groups is 1. The van der Waals surface area contributed by atoms with Crippen LogP contribution in [-0.2, 0) is 14.8 Å². The number of anilines is 1. The third-order valence-corrected chi connectivity index (χ3v) is 6.76. The van der Waals surface area contributed by atoms with Crippen LogP contribution in [0.25, 0.3) is 6.08 Å². The second-order valence-electron chi connectivity index (χ2n) is 6.76. The molecule has 1 aliphatic rings. The highest BCUT2D eigenvalue weighted by molar-refractivity contribution is 7.92. The lowest BCUT2D eigenvalue weighted by Gasteiger charge is -2.30. The minimum absolute atomic E-state index is 0.190. The summed E-state index contributed by atoms with van der Waals surface area (Å²) in [6.07, 6.45) is 1.59. The van der Waals surface area contributed by atoms with Crippen molar-refractivity contribution < 1.29 is 18.1 Å². The van der Waals surface area contributed by atoms with E-state index in [1.54, 1.807) is 24.3 Å². The van der Waals surface area contributed by atoms with E-state index in [1.165, 1.54) is 9.71 Å². The summed E-state index contributed by atoms with van der Waals surface area (Å²) in [7, 11) is -3.49. The van der Waals surface area contributed by atoms with Crippen LogP contribution >= 0.6 is 23.2 Å². The molecule has 29 heavy (non-hydrogen) atoms. The third kappa shape index (κ3) is 6.29. The van der Waals surface area contributed by atoms with Gasteiger partial charge < -0.3 is 10.2 Å². The van der Waals surface area contributed by atoms with E-state index in [9.17, 15) is 13.2 Å². The molecule has 0 radical (unpaired) electrons. The summed E-state index contributed by atoms with van der Waals surface area (Å²) >= 11 is 12.0. The molecule has 0 spiro atoms. The van der Waals surface area contributed by atoms with Gasteiger partial charge in [0.05, 0.1) is 36.9 Å². The van der Waals surface area contributed by atoms with Gasteiger partial charge >= 0.3 is 0 Å². The lowest BCUT2D eigenvalue weighted by atomic mass is 10.2. The van der Waals surface area contributed by atoms with Crippen LogP contribution < -0.4 is 10.2 Å². The first kappa shape index (κ1) is 21.8. The predicted octanol–water partition coefficient (Wildman–Crippen LogP) is 2.13. The van der Waals surface area contributed by atoms with E-state index in [4.69, 9.17) is 23.2 Å². The average molecular weight is 455 g/mol. The van der Waals surface area contributed by atoms with Crippen LogP contribution in [-0.4, -0.2) is 51.4 Å². The lowest BCUT2D eigenvalue weighted by Crippen LogP contribution is -3.15. The fraction of sp³-hybridized carbons (Fsp3) is 0.250. The lowest BCUT2D eigenvalue weighted by molar-refractivity contribution is -0.895. The van der Waals surface area contributed by atoms with Crippen LogP contribution in [0.4, 0.5) is 5.69 Å². The number of sulfonamides is 1. The van der Waals surface area contributed by atoms with Gasteiger partial charge in [-0.05, 0) is 29.8 Å². The molecule has 0 aliphatic carbocycles. The molecule has 1 fully saturated rings. The van der Waals surface area contributed by atoms with Crippen molar-refractivity contribution in [2.75, 3.05) is 38.0 Å². The second kappa shape index (κ2) is 9.73. The summed E-state index contributed by atoms with van der Waals surface area (Å²) in [5.41, 5.74) is 1.30. The first-order chi connectivity index (χ1) is 13.8. The first-order valence-electron chi connectivity index (χ1n) is 9.15. The zero-order valence-electron chi connectivity index (χ0n) is 15.6. The van der Waals surface area contributed by atoms with Gasteiger partial charge in [-0.25, -0.2) is 8.42 Å². The molecular formula is C20H22Cl2N3O3S+. The molecule has 1 saturated heterocycles. The minimum atomic E-state index is -3.49. The molecule has 0 saturated carbocycles. The number of halogens is 2. The molecule has 0 unspecified atom stereocenters. The van der Waals surface area contributed by atoms with Crippen molar-refractivity contribution in [2.24, 2.45) is 0 Å². The van der Waals surface area contributed by atoms with E-state index in [2.05, 4.69) is 5.32 Å². The van der Waals surface area contributed by atoms with E-state index in [0.717, 1.165) is 10.5 Å². The van der Waals surface area contributed by atoms with Crippen molar-refractivity contribution in [3.63, 3.8) is 0 Å². The zero-order chi connectivity index (χ0) is 20.9. The molecule has 2 aromatic carbocycles. The number of nitrogens with zero attached hydrogens (tertiary/aromatic N) is 1. The molecule has 0 atom stereocenters. The molecule has 1 aliphatic heterocycles. The molecule has 3 rings (SSSR count). The number of nitrogens with one attached hydrogen (secondary N) is 2. The summed E-state index contributed by atoms with van der Waals surface area (Å²) < 4.78 is 26.5. The predicted molar refractivity (Wildman–Crippen MR) is 117 cm³/mol. The minimum Gasteiger partial charge on any atom is -0.325 e. The number of benzene rings is 2. The maximum atomic E-state index is 12.5. The van der Waals surface area contributed by atoms with Crippen LogP contribution in [0.5, 0.6) is 0 Å². The highest BCUT2D eigenvalue weighted by Gasteiger charge is 2.28. The standard InChI is InChI=1S/C20H21Cl2N3O3S/c21-17-6-7-18(22)19(14-17)23-20(26)15-24-9-11-25(12-10-24)29(27,28)13-8-16-4-2-1-3-5-16/h1-8,13-14H,9-12,15H2,(H,23,26)/p+1/b13-8+. The van der Waals surface area contributed by atoms with Crippen molar-refractivity contribution >= 4 is 50.9 Å². The molecule has 0 bridgehead atoms. The molecule has 1 amide bonds. The Kier molecular flexibility index (Phi) is 7.32. The fourth-order valence-corrected chi connectivity index (χ4v) is 4.59. The Balaban J connectivity index is 1.51. The molecule has 2 N–H and O–H groups in total. The highest BCUT2D eigenvalue weighted by atomic mass is 35.5. The van der Waals surface area contributed by atoms with E-state index in [1.807, 2.05) is 30.3 Å². The average Bonchev–Trinajstić information content (AvgIpc) is 2.70. The van der Waals surface area contributed by atoms with Gasteiger partial charge in [0.25, 0.3) is 5.91 Å². The number of carbonyl (C=O) groups excluding carboxylic acids is 1. The monoisotopic (exact) mass is 454 g/mol. The summed E-state index contributed by atoms with van der Waals surface area (Å²) in [5, 5.41) is 4.90. The van der Waals surface area contributed by atoms with E-state index in [-0.39, 0.29) is 12.5 Å². The Morgan fingerprint density at radius 3 is 2.48 bits per heavy atom. The molecule has 2 aromatic rings. The van der Waals surface area contributed by atoms with Gasteiger partial charge in [0.2, 0.25) is 10.0 Å². The van der Waals surface area contributed by atoms with Crippen molar-refractivity contribution in [2.45, 2.75) is 0 Å². The molecule has 1 heterocycles. The molecule has 154 valence electrons. The second-order valence-corrected chi connectivity index (χ2v) is 9.42. The van der Waals surface area contributed by atoms with Crippen LogP contribution in [0.3, 0.4) is 0 Å². The van der Waals surface area contributed by atoms with Gasteiger partial charge in [0, 0.05) is 10.4 Å². The van der Waals surface area contributed by atoms with E-state index in [0.29, 0.717) is 41.9 Å². The summed E-state index contributed by atoms with van der Waals surface area (Å²) in [5.74, 6) is -0.190. The number of rotatable bonds is 6. The summed E-state index contributed by atoms with van der Waals surface area (Å²) in [4.78, 5) is 13.3. The Hall–Kier alpha value is -1.90. The Labute approximate surface area is 180 Å². The normalized spacial score (nSPS) is 16.2. The van der Waals surface area contributed by atoms with Gasteiger partial charge in [-0.2, -0.15) is 4.31 Å². The number of quaternary nitrogens is 1. The third-order valence-electron chi connectivity index (χ3n) is 4.63. The van der Waals surface area contributed by atoms with E-state index >= 15 is 0 Å². The van der Waals surface area contributed by atoms with Crippen LogP contribution in [0, 0.1) is 0 Å². The van der Waals surface area contributed by atoms with Gasteiger partial charge in [-0.1, -0.05) is 53.5 Å². The van der Waals surface area contributed by atoms with Crippen molar-refractivity contribution in [1.29, 1.82) is 0 Å². The van der Waals surface area contributed by atoms with Crippen LogP contribution in [0.1, 0.15) is 5.56 Å². The zero-order valence-corrected chi connectivity index (χ0v) is 18.0. The topological polar surface area (TPSA) is 70.9 Å². The van der Waals surface area contributed by atoms with Gasteiger partial charge in [-0.3, -0.25) is 4.79 Å². The number of piperazine rings is 1. The van der Waals surface area contributed by atoms with E-state index < -0.39 is 10.0 Å². The number of hydrogen-bond donors (Lipinski definition) is 2. The van der Waals surface area contributed by atoms with Crippen molar-refractivity contribution in [3.05, 3.63) is 69.5 Å². The summed E-state index contributed by atoms with van der Waals surface area (Å²) in [6, 6.07) is 14.2. The van der Waals surface area contributed by atoms with Gasteiger partial charge in [-0.15, -0.1) is 0 Å². The Bertz CT molecular complexity index is 989. The van der Waals surface area contributed by atoms with Gasteiger partial charge in [0.1, 0.15) is 0 Å². The SMILES string of the molecule is O=C(C[NH+]1CCN(S(=O)(=O)/C=C/c2ccccc2)CC1)Nc1cc(Cl)ccc1Cl. The largest absolute Gasteiger partial charge is 0.325 e. The smallest absolute Gasteiger partial charge is 0.279 e. The first-order valence-corrected chi connectivity index (χ1v) is 11.4. The van der Waals surface area contributed by atoms with Crippen molar-refractivity contribution in [3.8, 4) is 0 Å². The fourth-order valence-electron chi connectivity index (χ4n) is 3.06. The number of amides is 1. The maximum Gasteiger partial charge on any atom is 0.279 e. The Morgan fingerprint density at radius 1 is 1.10 bits per heavy atom. The molecular weight excluding hydrogens is 433 g/mol. The molecule has 9 heteroatoms.